The number of thioether (sulfide) groups is 1. The summed E-state index contributed by atoms with van der Waals surface area (Å²) >= 11 is 1.37. The average Bonchev–Trinajstić information content (AvgIpc) is 3.32. The standard InChI is InChI=1S/C17H20N4O3S/c1-10(2)15-19-20-17(21(15)13-7-8-13)25-9-14(22)18-12-5-3-11(4-6-12)16(23)24/h3-6,10,13H,7-9H2,1-2H3,(H,18,22)(H,23,24). The number of benzene rings is 1. The molecule has 7 nitrogen and oxygen atoms in total. The van der Waals surface area contributed by atoms with Gasteiger partial charge < -0.3 is 15.0 Å². The quantitative estimate of drug-likeness (QED) is 0.736. The molecule has 2 aromatic rings. The lowest BCUT2D eigenvalue weighted by Crippen LogP contribution is -2.15. The topological polar surface area (TPSA) is 97.1 Å². The van der Waals surface area contributed by atoms with Crippen molar-refractivity contribution in [3.05, 3.63) is 35.7 Å². The molecule has 1 fully saturated rings. The number of carboxylic acid groups (broad SMARTS) is 1. The maximum Gasteiger partial charge on any atom is 0.335 e. The zero-order valence-electron chi connectivity index (χ0n) is 14.1. The van der Waals surface area contributed by atoms with E-state index in [0.29, 0.717) is 17.6 Å². The van der Waals surface area contributed by atoms with E-state index in [1.165, 1.54) is 23.9 Å². The van der Waals surface area contributed by atoms with Crippen LogP contribution in [0.3, 0.4) is 0 Å². The minimum Gasteiger partial charge on any atom is -0.478 e. The van der Waals surface area contributed by atoms with Crippen LogP contribution in [0.1, 0.15) is 54.8 Å². The minimum absolute atomic E-state index is 0.162. The second-order valence-corrected chi connectivity index (χ2v) is 7.26. The molecule has 132 valence electrons. The van der Waals surface area contributed by atoms with Crippen LogP contribution in [-0.4, -0.2) is 37.5 Å². The van der Waals surface area contributed by atoms with E-state index < -0.39 is 5.97 Å². The number of aromatic carboxylic acids is 1. The van der Waals surface area contributed by atoms with Gasteiger partial charge in [0.25, 0.3) is 0 Å². The minimum atomic E-state index is -0.992. The summed E-state index contributed by atoms with van der Waals surface area (Å²) in [4.78, 5) is 23.0. The highest BCUT2D eigenvalue weighted by Gasteiger charge is 2.30. The van der Waals surface area contributed by atoms with Crippen molar-refractivity contribution >= 4 is 29.3 Å². The molecule has 1 aromatic heterocycles. The van der Waals surface area contributed by atoms with Crippen LogP contribution in [0.25, 0.3) is 0 Å². The number of hydrogen-bond donors (Lipinski definition) is 2. The molecule has 1 aliphatic rings. The Bertz CT molecular complexity index is 782. The van der Waals surface area contributed by atoms with Crippen molar-refractivity contribution in [1.29, 1.82) is 0 Å². The highest BCUT2D eigenvalue weighted by molar-refractivity contribution is 7.99. The van der Waals surface area contributed by atoms with E-state index in [0.717, 1.165) is 23.8 Å². The molecule has 0 radical (unpaired) electrons. The van der Waals surface area contributed by atoms with Gasteiger partial charge in [0.15, 0.2) is 5.16 Å². The fourth-order valence-electron chi connectivity index (χ4n) is 2.48. The van der Waals surface area contributed by atoms with Crippen LogP contribution in [0, 0.1) is 0 Å². The van der Waals surface area contributed by atoms with Gasteiger partial charge >= 0.3 is 5.97 Å². The normalized spacial score (nSPS) is 13.9. The Hall–Kier alpha value is -2.35. The molecule has 1 aromatic carbocycles. The first-order chi connectivity index (χ1) is 12.0. The molecule has 25 heavy (non-hydrogen) atoms. The summed E-state index contributed by atoms with van der Waals surface area (Å²) in [5.74, 6) is 0.334. The molecule has 1 saturated carbocycles. The summed E-state index contributed by atoms with van der Waals surface area (Å²) < 4.78 is 2.16. The van der Waals surface area contributed by atoms with Crippen LogP contribution in [0.4, 0.5) is 5.69 Å². The van der Waals surface area contributed by atoms with E-state index in [2.05, 4.69) is 33.9 Å². The number of carbonyl (C=O) groups excluding carboxylic acids is 1. The molecule has 0 unspecified atom stereocenters. The molecule has 0 aliphatic heterocycles. The van der Waals surface area contributed by atoms with Crippen LogP contribution in [-0.2, 0) is 4.79 Å². The lowest BCUT2D eigenvalue weighted by atomic mass is 10.2. The number of nitrogens with zero attached hydrogens (tertiary/aromatic N) is 3. The molecule has 1 heterocycles. The Morgan fingerprint density at radius 1 is 1.28 bits per heavy atom. The van der Waals surface area contributed by atoms with E-state index in [1.807, 2.05) is 0 Å². The third-order valence-electron chi connectivity index (χ3n) is 3.87. The van der Waals surface area contributed by atoms with Gasteiger partial charge in [-0.25, -0.2) is 4.79 Å². The Labute approximate surface area is 149 Å². The van der Waals surface area contributed by atoms with Gasteiger partial charge in [-0.15, -0.1) is 10.2 Å². The van der Waals surface area contributed by atoms with Gasteiger partial charge in [-0.05, 0) is 37.1 Å². The maximum atomic E-state index is 12.1. The van der Waals surface area contributed by atoms with Crippen LogP contribution < -0.4 is 5.32 Å². The van der Waals surface area contributed by atoms with Crippen LogP contribution >= 0.6 is 11.8 Å². The highest BCUT2D eigenvalue weighted by atomic mass is 32.2. The molecular formula is C17H20N4O3S. The Balaban J connectivity index is 1.60. The second kappa shape index (κ2) is 7.26. The first kappa shape index (κ1) is 17.5. The van der Waals surface area contributed by atoms with E-state index in [9.17, 15) is 9.59 Å². The first-order valence-electron chi connectivity index (χ1n) is 8.16. The maximum absolute atomic E-state index is 12.1. The number of aromatic nitrogens is 3. The third-order valence-corrected chi connectivity index (χ3v) is 4.81. The van der Waals surface area contributed by atoms with Crippen LogP contribution in [0.2, 0.25) is 0 Å². The Morgan fingerprint density at radius 3 is 2.52 bits per heavy atom. The van der Waals surface area contributed by atoms with Crippen molar-refractivity contribution in [1.82, 2.24) is 14.8 Å². The first-order valence-corrected chi connectivity index (χ1v) is 9.15. The van der Waals surface area contributed by atoms with Gasteiger partial charge in [0.05, 0.1) is 11.3 Å². The van der Waals surface area contributed by atoms with Crippen LogP contribution in [0.15, 0.2) is 29.4 Å². The Morgan fingerprint density at radius 2 is 1.96 bits per heavy atom. The molecule has 1 aliphatic carbocycles. The largest absolute Gasteiger partial charge is 0.478 e. The van der Waals surface area contributed by atoms with Crippen molar-refractivity contribution in [2.45, 2.75) is 43.8 Å². The van der Waals surface area contributed by atoms with Crippen molar-refractivity contribution < 1.29 is 14.7 Å². The lowest BCUT2D eigenvalue weighted by Gasteiger charge is -2.10. The lowest BCUT2D eigenvalue weighted by molar-refractivity contribution is -0.113. The fraction of sp³-hybridized carbons (Fsp3) is 0.412. The summed E-state index contributed by atoms with van der Waals surface area (Å²) in [6, 6.07) is 6.54. The van der Waals surface area contributed by atoms with E-state index in [-0.39, 0.29) is 17.2 Å². The van der Waals surface area contributed by atoms with Crippen molar-refractivity contribution in [2.75, 3.05) is 11.1 Å². The van der Waals surface area contributed by atoms with Gasteiger partial charge in [-0.1, -0.05) is 25.6 Å². The number of hydrogen-bond acceptors (Lipinski definition) is 5. The van der Waals surface area contributed by atoms with Crippen molar-refractivity contribution in [2.24, 2.45) is 0 Å². The van der Waals surface area contributed by atoms with Crippen molar-refractivity contribution in [3.8, 4) is 0 Å². The number of anilines is 1. The van der Waals surface area contributed by atoms with E-state index in [1.54, 1.807) is 12.1 Å². The SMILES string of the molecule is CC(C)c1nnc(SCC(=O)Nc2ccc(C(=O)O)cc2)n1C1CC1. The predicted octanol–water partition coefficient (Wildman–Crippen LogP) is 3.17. The number of carboxylic acids is 1. The number of rotatable bonds is 7. The summed E-state index contributed by atoms with van der Waals surface area (Å²) in [6.07, 6.45) is 2.26. The molecule has 1 amide bonds. The summed E-state index contributed by atoms with van der Waals surface area (Å²) in [6.45, 7) is 4.18. The average molecular weight is 360 g/mol. The van der Waals surface area contributed by atoms with Gasteiger partial charge in [0.2, 0.25) is 5.91 Å². The molecule has 3 rings (SSSR count). The molecule has 0 spiro atoms. The van der Waals surface area contributed by atoms with Gasteiger partial charge in [0.1, 0.15) is 5.82 Å². The van der Waals surface area contributed by atoms with Gasteiger partial charge in [0, 0.05) is 17.6 Å². The molecule has 0 atom stereocenters. The molecule has 0 saturated heterocycles. The number of nitrogens with one attached hydrogen (secondary N) is 1. The van der Waals surface area contributed by atoms with Crippen LogP contribution in [0.5, 0.6) is 0 Å². The predicted molar refractivity (Wildman–Crippen MR) is 95.1 cm³/mol. The molecule has 0 bridgehead atoms. The van der Waals surface area contributed by atoms with E-state index >= 15 is 0 Å². The molecular weight excluding hydrogens is 340 g/mol. The zero-order chi connectivity index (χ0) is 18.0. The summed E-state index contributed by atoms with van der Waals surface area (Å²) in [7, 11) is 0. The summed E-state index contributed by atoms with van der Waals surface area (Å²) in [5.41, 5.74) is 0.758. The van der Waals surface area contributed by atoms with Crippen molar-refractivity contribution in [3.63, 3.8) is 0 Å². The fourth-order valence-corrected chi connectivity index (χ4v) is 3.29. The summed E-state index contributed by atoms with van der Waals surface area (Å²) in [5, 5.41) is 20.9. The molecule has 2 N–H and O–H groups in total. The highest BCUT2D eigenvalue weighted by Crippen LogP contribution is 2.40. The second-order valence-electron chi connectivity index (χ2n) is 6.32. The Kier molecular flexibility index (Phi) is 5.08. The number of amides is 1. The monoisotopic (exact) mass is 360 g/mol. The van der Waals surface area contributed by atoms with Gasteiger partial charge in [-0.2, -0.15) is 0 Å². The zero-order valence-corrected chi connectivity index (χ0v) is 14.9. The smallest absolute Gasteiger partial charge is 0.335 e. The van der Waals surface area contributed by atoms with Gasteiger partial charge in [-0.3, -0.25) is 4.79 Å². The third kappa shape index (κ3) is 4.19. The van der Waals surface area contributed by atoms with E-state index in [4.69, 9.17) is 5.11 Å². The number of carbonyl (C=O) groups is 2. The molecule has 8 heteroatoms.